The van der Waals surface area contributed by atoms with Crippen LogP contribution < -0.4 is 108 Å². The van der Waals surface area contributed by atoms with E-state index in [-0.39, 0.29) is 82.5 Å². The SMILES string of the molecule is COc1ccc(C[C@H](NC(=O)[C@@H]2CSCC[C@H](NC(C)=O)C(=O)N[C@@H](CCC(N)=O)C(=O)N[C@@H]([C@@H](C)O)C(=O)N[C@@H](Cc3c[nH]c4ccccc34)C(=O)N[C@@H](CCC(N)=O)C(=O)N2)C(=O)N[C@@H](Cc2c[nH]c3ccccc23)C(=O)N[C@@](C)(CCCCN)C(=O)N[C@@H](CCCCNC(C)=O)C(=O)N[C@@H](CC(N)=O)C(=O)NCC(=O)N[C@@H](CCC(=O)O)C(N)=O)cc1. The van der Waals surface area contributed by atoms with Crippen molar-refractivity contribution in [1.82, 2.24) is 84.4 Å². The molecule has 0 bridgehead atoms. The number of carboxylic acid groups (broad SMARTS) is 1. The number of hydrogen-bond donors (Lipinski definition) is 23. The van der Waals surface area contributed by atoms with Crippen molar-refractivity contribution < 1.29 is 106 Å². The number of fused-ring (bicyclic) bond motifs is 2. The Labute approximate surface area is 722 Å². The minimum absolute atomic E-state index is 0.0891. The van der Waals surface area contributed by atoms with Crippen molar-refractivity contribution in [3.8, 4) is 5.75 Å². The maximum atomic E-state index is 15.7. The Balaban J connectivity index is 1.43. The first-order chi connectivity index (χ1) is 59.3. The fourth-order valence-electron chi connectivity index (χ4n) is 13.5. The summed E-state index contributed by atoms with van der Waals surface area (Å²) in [4.78, 5) is 269. The van der Waals surface area contributed by atoms with E-state index in [1.165, 1.54) is 21.0 Å². The van der Waals surface area contributed by atoms with Gasteiger partial charge in [-0.3, -0.25) is 91.1 Å². The van der Waals surface area contributed by atoms with Crippen LogP contribution in [0, 0.1) is 0 Å². The van der Waals surface area contributed by atoms with Crippen molar-refractivity contribution >= 4 is 146 Å². The third kappa shape index (κ3) is 33.2. The molecular weight excluding hydrogens is 1650 g/mol. The number of nitrogens with two attached hydrogens (primary N) is 5. The van der Waals surface area contributed by atoms with Gasteiger partial charge in [-0.1, -0.05) is 48.5 Å². The number of nitrogens with one attached hydrogen (secondary N) is 16. The first-order valence-electron chi connectivity index (χ1n) is 40.5. The Hall–Kier alpha value is -13.3. The molecule has 0 spiro atoms. The number of aliphatic carboxylic acids is 1. The van der Waals surface area contributed by atoms with Crippen molar-refractivity contribution in [3.63, 3.8) is 0 Å². The first-order valence-corrected chi connectivity index (χ1v) is 41.6. The zero-order chi connectivity index (χ0) is 92.2. The molecule has 43 nitrogen and oxygen atoms in total. The molecule has 6 rings (SSSR count). The van der Waals surface area contributed by atoms with Crippen LogP contribution in [0.5, 0.6) is 5.75 Å². The van der Waals surface area contributed by atoms with Gasteiger partial charge in [0.1, 0.15) is 77.7 Å². The molecule has 0 aliphatic carbocycles. The van der Waals surface area contributed by atoms with Gasteiger partial charge >= 0.3 is 5.97 Å². The van der Waals surface area contributed by atoms with Crippen LogP contribution in [0.4, 0.5) is 0 Å². The van der Waals surface area contributed by atoms with Gasteiger partial charge in [-0.25, -0.2) is 0 Å². The van der Waals surface area contributed by atoms with Crippen molar-refractivity contribution in [1.29, 1.82) is 0 Å². The van der Waals surface area contributed by atoms with Crippen molar-refractivity contribution in [2.75, 3.05) is 38.2 Å². The van der Waals surface area contributed by atoms with Gasteiger partial charge in [0.15, 0.2) is 0 Å². The Kier molecular flexibility index (Phi) is 40.0. The molecule has 0 saturated carbocycles. The fourth-order valence-corrected chi connectivity index (χ4v) is 14.5. The van der Waals surface area contributed by atoms with Gasteiger partial charge in [-0.05, 0) is 131 Å². The number of aliphatic hydroxyl groups excluding tert-OH is 1. The monoisotopic (exact) mass is 1760 g/mol. The number of primary amides is 4. The second-order valence-corrected chi connectivity index (χ2v) is 31.5. The number of benzene rings is 3. The molecule has 28 N–H and O–H groups in total. The summed E-state index contributed by atoms with van der Waals surface area (Å²) < 4.78 is 5.41. The maximum absolute atomic E-state index is 15.7. The number of hydrogen-bond acceptors (Lipinski definition) is 23. The summed E-state index contributed by atoms with van der Waals surface area (Å²) in [5, 5.41) is 56.9. The third-order valence-electron chi connectivity index (χ3n) is 20.3. The van der Waals surface area contributed by atoms with Gasteiger partial charge < -0.3 is 128 Å². The number of carbonyl (C=O) groups excluding carboxylic acids is 18. The molecular formula is C81H113N21O22S. The van der Waals surface area contributed by atoms with E-state index in [4.69, 9.17) is 38.5 Å². The number of aromatic amines is 2. The van der Waals surface area contributed by atoms with Crippen LogP contribution in [-0.2, 0) is 110 Å². The van der Waals surface area contributed by atoms with Crippen LogP contribution in [0.1, 0.15) is 134 Å². The van der Waals surface area contributed by atoms with E-state index in [2.05, 4.69) is 84.4 Å². The van der Waals surface area contributed by atoms with Crippen molar-refractivity contribution in [3.05, 3.63) is 102 Å². The molecule has 1 aliphatic rings. The molecule has 0 unspecified atom stereocenters. The minimum Gasteiger partial charge on any atom is -0.497 e. The van der Waals surface area contributed by atoms with E-state index in [0.717, 1.165) is 25.6 Å². The normalized spacial score (nSPS) is 18.6. The van der Waals surface area contributed by atoms with E-state index in [1.807, 2.05) is 0 Å². The van der Waals surface area contributed by atoms with E-state index in [0.29, 0.717) is 44.2 Å². The molecule has 44 heteroatoms. The standard InChI is InChI=1S/C81H113N21O22S/c1-42(103)68-79(122)98-59(35-46-38-88-51-16-8-6-14-49(46)51)76(119)94-55(23-26-63(83)106)72(115)99-62(41-125-33-29-57(91-44(3)105)73(116)93-56(74(117)101-68)24-27-64(84)107)77(120)95-58(34-45-19-21-48(124-5)22-20-45)75(118)96-60(36-47-39-89-52-17-9-7-15-50(47)52)78(121)102-81(4,30-11-12-31-82)80(123)100-54(18-10-13-32-87-43(2)104)71(114)97-61(37-65(85)108)70(113)90-40-66(109)92-53(69(86)112)25-28-67(110)111/h6-9,14-17,19-22,38-39,42,53-62,68,88-89,103H,10-13,18,23-37,40-41,82H2,1-5H3,(H2,83,106)(H2,84,107)(H2,85,108)(H2,86,112)(H,87,104)(H,90,113)(H,91,105)(H,92,109)(H,93,116)(H,94,119)(H,95,120)(H,96,118)(H,97,114)(H,98,122)(H,99,115)(H,100,123)(H,101,117)(H,102,121)(H,110,111)/t42-,53+,54+,55+,56+,57+,58+,59+,60+,61+,62+,68+,81+/m1/s1. The lowest BCUT2D eigenvalue weighted by atomic mass is 9.91. The number of amides is 18. The topological polar surface area (TPSA) is 704 Å². The predicted molar refractivity (Wildman–Crippen MR) is 453 cm³/mol. The summed E-state index contributed by atoms with van der Waals surface area (Å²) in [6.45, 7) is 4.12. The molecule has 1 aliphatic heterocycles. The zero-order valence-electron chi connectivity index (χ0n) is 69.9. The van der Waals surface area contributed by atoms with Gasteiger partial charge in [-0.2, -0.15) is 11.8 Å². The fraction of sp³-hybridized carbons (Fsp3) is 0.494. The van der Waals surface area contributed by atoms with Crippen LogP contribution in [0.3, 0.4) is 0 Å². The lowest BCUT2D eigenvalue weighted by Crippen LogP contribution is -2.64. The average molecular weight is 1760 g/mol. The lowest BCUT2D eigenvalue weighted by Gasteiger charge is -2.34. The van der Waals surface area contributed by atoms with E-state index >= 15 is 28.8 Å². The number of carbonyl (C=O) groups is 19. The number of aromatic nitrogens is 2. The van der Waals surface area contributed by atoms with Gasteiger partial charge in [0.25, 0.3) is 0 Å². The maximum Gasteiger partial charge on any atom is 0.303 e. The second kappa shape index (κ2) is 49.7. The molecule has 1 saturated heterocycles. The molecule has 5 aromatic rings. The molecule has 125 heavy (non-hydrogen) atoms. The number of para-hydroxylation sites is 2. The van der Waals surface area contributed by atoms with Crippen LogP contribution >= 0.6 is 11.8 Å². The second-order valence-electron chi connectivity index (χ2n) is 30.4. The summed E-state index contributed by atoms with van der Waals surface area (Å²) in [6, 6.07) is 1.29. The first kappa shape index (κ1) is 101. The van der Waals surface area contributed by atoms with Gasteiger partial charge in [0.05, 0.1) is 26.2 Å². The summed E-state index contributed by atoms with van der Waals surface area (Å²) in [6.07, 6.45) is -3.67. The number of ether oxygens (including phenoxy) is 1. The van der Waals surface area contributed by atoms with Crippen LogP contribution in [-0.4, -0.2) is 249 Å². The predicted octanol–water partition coefficient (Wildman–Crippen LogP) is -5.26. The van der Waals surface area contributed by atoms with Crippen molar-refractivity contribution in [2.24, 2.45) is 28.7 Å². The smallest absolute Gasteiger partial charge is 0.303 e. The van der Waals surface area contributed by atoms with Gasteiger partial charge in [0.2, 0.25) is 106 Å². The van der Waals surface area contributed by atoms with Gasteiger partial charge in [0, 0.05) is 98.9 Å². The summed E-state index contributed by atoms with van der Waals surface area (Å²) in [5.74, 6) is -19.7. The number of H-pyrrole nitrogens is 2. The Morgan fingerprint density at radius 1 is 0.576 bits per heavy atom. The van der Waals surface area contributed by atoms with E-state index in [1.54, 1.807) is 85.2 Å². The Morgan fingerprint density at radius 2 is 1.15 bits per heavy atom. The highest BCUT2D eigenvalue weighted by atomic mass is 32.2. The lowest BCUT2D eigenvalue weighted by molar-refractivity contribution is -0.138. The summed E-state index contributed by atoms with van der Waals surface area (Å²) in [5.41, 5.74) is 28.4. The highest BCUT2D eigenvalue weighted by Crippen LogP contribution is 2.24. The molecule has 0 radical (unpaired) electrons. The largest absolute Gasteiger partial charge is 0.497 e. The number of unbranched alkanes of at least 4 members (excludes halogenated alkanes) is 2. The number of rotatable bonds is 44. The molecule has 2 aromatic heterocycles. The minimum atomic E-state index is -2.07. The van der Waals surface area contributed by atoms with Crippen molar-refractivity contribution in [2.45, 2.75) is 215 Å². The number of thioether (sulfide) groups is 1. The zero-order valence-corrected chi connectivity index (χ0v) is 70.7. The van der Waals surface area contributed by atoms with Gasteiger partial charge in [-0.15, -0.1) is 0 Å². The summed E-state index contributed by atoms with van der Waals surface area (Å²) in [7, 11) is 1.40. The number of aliphatic hydroxyl groups is 1. The van der Waals surface area contributed by atoms with Crippen LogP contribution in [0.25, 0.3) is 21.8 Å². The number of carboxylic acids is 1. The Morgan fingerprint density at radius 3 is 1.74 bits per heavy atom. The van der Waals surface area contributed by atoms with E-state index < -0.39 is 248 Å². The van der Waals surface area contributed by atoms with Crippen LogP contribution in [0.2, 0.25) is 0 Å². The summed E-state index contributed by atoms with van der Waals surface area (Å²) >= 11 is 0.914. The molecule has 1 fully saturated rings. The quantitative estimate of drug-likeness (QED) is 0.0162. The Bertz CT molecular complexity index is 4700. The van der Waals surface area contributed by atoms with Crippen LogP contribution in [0.15, 0.2) is 85.2 Å². The third-order valence-corrected chi connectivity index (χ3v) is 21.4. The molecule has 3 aromatic carbocycles. The highest BCUT2D eigenvalue weighted by molar-refractivity contribution is 7.99. The number of methoxy groups -OCH3 is 1. The highest BCUT2D eigenvalue weighted by Gasteiger charge is 2.42. The molecule has 680 valence electrons. The molecule has 18 amide bonds. The molecule has 13 atom stereocenters. The molecule has 3 heterocycles. The average Bonchev–Trinajstić information content (AvgIpc) is 1.73. The van der Waals surface area contributed by atoms with E-state index in [9.17, 15) is 67.4 Å².